The van der Waals surface area contributed by atoms with E-state index in [1.807, 2.05) is 6.92 Å². The topological polar surface area (TPSA) is 57.6 Å². The molecule has 0 aliphatic carbocycles. The average molecular weight is 353 g/mol. The molecule has 1 aliphatic rings. The van der Waals surface area contributed by atoms with Gasteiger partial charge in [-0.2, -0.15) is 0 Å². The summed E-state index contributed by atoms with van der Waals surface area (Å²) in [7, 11) is 0. The Bertz CT molecular complexity index is 675. The molecule has 1 amide bonds. The van der Waals surface area contributed by atoms with E-state index in [-0.39, 0.29) is 4.32 Å². The average Bonchev–Trinajstić information content (AvgIpc) is 2.75. The summed E-state index contributed by atoms with van der Waals surface area (Å²) in [6, 6.07) is 4.87. The predicted molar refractivity (Wildman–Crippen MR) is 92.4 cm³/mol. The quantitative estimate of drug-likeness (QED) is 0.625. The number of carbonyl (C=O) groups excluding carboxylic acids is 1. The van der Waals surface area contributed by atoms with Crippen LogP contribution in [0, 0.1) is 5.82 Å². The molecule has 0 saturated carbocycles. The van der Waals surface area contributed by atoms with Gasteiger partial charge in [-0.05, 0) is 30.2 Å². The maximum Gasteiger partial charge on any atom is 0.326 e. The van der Waals surface area contributed by atoms with Gasteiger partial charge in [-0.25, -0.2) is 9.18 Å². The Morgan fingerprint density at radius 2 is 2.26 bits per heavy atom. The van der Waals surface area contributed by atoms with Crippen molar-refractivity contribution in [2.24, 2.45) is 0 Å². The summed E-state index contributed by atoms with van der Waals surface area (Å²) >= 11 is 6.22. The third kappa shape index (κ3) is 4.17. The summed E-state index contributed by atoms with van der Waals surface area (Å²) < 4.78 is 13.5. The number of thioether (sulfide) groups is 1. The zero-order valence-corrected chi connectivity index (χ0v) is 14.1. The summed E-state index contributed by atoms with van der Waals surface area (Å²) in [5.74, 6) is -1.91. The number of amides is 1. The summed E-state index contributed by atoms with van der Waals surface area (Å²) in [5.41, 5.74) is 0.533. The van der Waals surface area contributed by atoms with Crippen LogP contribution in [0.15, 0.2) is 29.2 Å². The molecule has 1 N–H and O–H groups in total. The van der Waals surface area contributed by atoms with Gasteiger partial charge in [0.15, 0.2) is 0 Å². The van der Waals surface area contributed by atoms with Crippen LogP contribution in [0.1, 0.15) is 31.7 Å². The molecule has 1 aliphatic heterocycles. The van der Waals surface area contributed by atoms with E-state index < -0.39 is 23.7 Å². The highest BCUT2D eigenvalue weighted by atomic mass is 32.2. The van der Waals surface area contributed by atoms with E-state index in [9.17, 15) is 19.1 Å². The van der Waals surface area contributed by atoms with Crippen LogP contribution in [0.25, 0.3) is 6.08 Å². The largest absolute Gasteiger partial charge is 0.480 e. The minimum atomic E-state index is -1.07. The van der Waals surface area contributed by atoms with Gasteiger partial charge in [0.05, 0.1) is 4.91 Å². The third-order valence-corrected chi connectivity index (χ3v) is 4.73. The fourth-order valence-corrected chi connectivity index (χ4v) is 3.61. The van der Waals surface area contributed by atoms with E-state index in [4.69, 9.17) is 12.2 Å². The molecular formula is C16H16FNO3S2. The van der Waals surface area contributed by atoms with Crippen LogP contribution in [0.4, 0.5) is 4.39 Å². The summed E-state index contributed by atoms with van der Waals surface area (Å²) in [5, 5.41) is 9.38. The summed E-state index contributed by atoms with van der Waals surface area (Å²) in [6.07, 6.45) is 3.40. The lowest BCUT2D eigenvalue weighted by molar-refractivity contribution is -0.145. The van der Waals surface area contributed by atoms with Gasteiger partial charge in [0.2, 0.25) is 0 Å². The zero-order valence-electron chi connectivity index (χ0n) is 12.5. The number of carboxylic acid groups (broad SMARTS) is 1. The van der Waals surface area contributed by atoms with Crippen molar-refractivity contribution in [2.75, 3.05) is 0 Å². The Balaban J connectivity index is 2.26. The fraction of sp³-hybridized carbons (Fsp3) is 0.312. The van der Waals surface area contributed by atoms with Crippen molar-refractivity contribution < 1.29 is 19.1 Å². The molecule has 0 unspecified atom stereocenters. The molecule has 0 spiro atoms. The monoisotopic (exact) mass is 353 g/mol. The van der Waals surface area contributed by atoms with E-state index in [0.717, 1.165) is 23.1 Å². The van der Waals surface area contributed by atoms with Crippen LogP contribution in [-0.2, 0) is 9.59 Å². The van der Waals surface area contributed by atoms with E-state index in [0.29, 0.717) is 23.3 Å². The number of hydrogen-bond donors (Lipinski definition) is 1. The number of rotatable bonds is 6. The molecule has 0 aromatic heterocycles. The molecule has 122 valence electrons. The molecule has 4 nitrogen and oxygen atoms in total. The number of carboxylic acids is 1. The Hall–Kier alpha value is -1.73. The number of aliphatic carboxylic acids is 1. The first kappa shape index (κ1) is 17.6. The van der Waals surface area contributed by atoms with Crippen LogP contribution in [0.5, 0.6) is 0 Å². The van der Waals surface area contributed by atoms with Crippen molar-refractivity contribution in [1.29, 1.82) is 0 Å². The Morgan fingerprint density at radius 3 is 2.87 bits per heavy atom. The Morgan fingerprint density at radius 1 is 1.52 bits per heavy atom. The number of unbranched alkanes of at least 4 members (excludes halogenated alkanes) is 1. The smallest absolute Gasteiger partial charge is 0.326 e. The van der Waals surface area contributed by atoms with E-state index in [1.165, 1.54) is 18.2 Å². The van der Waals surface area contributed by atoms with Crippen molar-refractivity contribution in [1.82, 2.24) is 4.90 Å². The van der Waals surface area contributed by atoms with Gasteiger partial charge in [0.1, 0.15) is 16.2 Å². The molecule has 2 rings (SSSR count). The lowest BCUT2D eigenvalue weighted by atomic mass is 10.1. The highest BCUT2D eigenvalue weighted by Gasteiger charge is 2.40. The van der Waals surface area contributed by atoms with E-state index >= 15 is 0 Å². The molecule has 1 aromatic carbocycles. The minimum absolute atomic E-state index is 0.223. The van der Waals surface area contributed by atoms with Crippen molar-refractivity contribution in [3.63, 3.8) is 0 Å². The normalized spacial score (nSPS) is 17.8. The van der Waals surface area contributed by atoms with Gasteiger partial charge >= 0.3 is 5.97 Å². The SMILES string of the molecule is CCCC[C@H](C(=O)O)N1C(=O)/C(=C/c2cccc(F)c2)SC1=S. The van der Waals surface area contributed by atoms with Gasteiger partial charge in [-0.3, -0.25) is 9.69 Å². The highest BCUT2D eigenvalue weighted by molar-refractivity contribution is 8.26. The van der Waals surface area contributed by atoms with Crippen molar-refractivity contribution in [3.8, 4) is 0 Å². The maximum atomic E-state index is 13.2. The second-order valence-corrected chi connectivity index (χ2v) is 6.78. The second kappa shape index (κ2) is 7.70. The van der Waals surface area contributed by atoms with Gasteiger partial charge in [-0.1, -0.05) is 55.9 Å². The molecule has 1 aromatic rings. The lowest BCUT2D eigenvalue weighted by Crippen LogP contribution is -2.43. The Labute approximate surface area is 143 Å². The molecular weight excluding hydrogens is 337 g/mol. The molecule has 1 saturated heterocycles. The first-order chi connectivity index (χ1) is 10.9. The number of benzene rings is 1. The number of hydrogen-bond acceptors (Lipinski definition) is 4. The van der Waals surface area contributed by atoms with Gasteiger partial charge in [-0.15, -0.1) is 0 Å². The van der Waals surface area contributed by atoms with Crippen LogP contribution in [0.3, 0.4) is 0 Å². The summed E-state index contributed by atoms with van der Waals surface area (Å²) in [6.45, 7) is 1.95. The lowest BCUT2D eigenvalue weighted by Gasteiger charge is -2.22. The maximum absolute atomic E-state index is 13.2. The molecule has 0 radical (unpaired) electrons. The van der Waals surface area contributed by atoms with Crippen molar-refractivity contribution >= 4 is 46.3 Å². The fourth-order valence-electron chi connectivity index (χ4n) is 2.26. The second-order valence-electron chi connectivity index (χ2n) is 5.10. The van der Waals surface area contributed by atoms with Crippen LogP contribution >= 0.6 is 24.0 Å². The highest BCUT2D eigenvalue weighted by Crippen LogP contribution is 2.35. The first-order valence-corrected chi connectivity index (χ1v) is 8.42. The van der Waals surface area contributed by atoms with Crippen LogP contribution < -0.4 is 0 Å². The summed E-state index contributed by atoms with van der Waals surface area (Å²) in [4.78, 5) is 25.4. The Kier molecular flexibility index (Phi) is 5.90. The minimum Gasteiger partial charge on any atom is -0.480 e. The molecule has 1 fully saturated rings. The predicted octanol–water partition coefficient (Wildman–Crippen LogP) is 3.67. The third-order valence-electron chi connectivity index (χ3n) is 3.40. The van der Waals surface area contributed by atoms with Crippen LogP contribution in [0.2, 0.25) is 0 Å². The number of carbonyl (C=O) groups is 2. The van der Waals surface area contributed by atoms with Crippen molar-refractivity contribution in [3.05, 3.63) is 40.6 Å². The molecule has 0 bridgehead atoms. The van der Waals surface area contributed by atoms with Gasteiger partial charge in [0.25, 0.3) is 5.91 Å². The number of nitrogens with zero attached hydrogens (tertiary/aromatic N) is 1. The number of halogens is 1. The molecule has 7 heteroatoms. The van der Waals surface area contributed by atoms with Gasteiger partial charge in [0, 0.05) is 0 Å². The first-order valence-electron chi connectivity index (χ1n) is 7.19. The standard InChI is InChI=1S/C16H16FNO3S2/c1-2-3-7-12(15(20)21)18-14(19)13(23-16(18)22)9-10-5-4-6-11(17)8-10/h4-6,8-9,12H,2-3,7H2,1H3,(H,20,21)/b13-9-/t12-/m1/s1. The van der Waals surface area contributed by atoms with E-state index in [1.54, 1.807) is 12.1 Å². The van der Waals surface area contributed by atoms with Crippen molar-refractivity contribution in [2.45, 2.75) is 32.2 Å². The molecule has 1 atom stereocenters. The molecule has 23 heavy (non-hydrogen) atoms. The van der Waals surface area contributed by atoms with E-state index in [2.05, 4.69) is 0 Å². The van der Waals surface area contributed by atoms with Crippen LogP contribution in [-0.4, -0.2) is 32.2 Å². The van der Waals surface area contributed by atoms with Gasteiger partial charge < -0.3 is 5.11 Å². The zero-order chi connectivity index (χ0) is 17.0. The number of thiocarbonyl (C=S) groups is 1. The molecule has 1 heterocycles.